The fourth-order valence-corrected chi connectivity index (χ4v) is 1.48. The summed E-state index contributed by atoms with van der Waals surface area (Å²) in [6.07, 6.45) is 1.61. The number of hydrogen-bond acceptors (Lipinski definition) is 4. The maximum atomic E-state index is 11.6. The Bertz CT molecular complexity index is 513. The van der Waals surface area contributed by atoms with Gasteiger partial charge in [-0.25, -0.2) is 4.79 Å². The van der Waals surface area contributed by atoms with Gasteiger partial charge in [-0.3, -0.25) is 14.3 Å². The fraction of sp³-hybridized carbons (Fsp3) is 0.455. The number of aromatic nitrogens is 2. The van der Waals surface area contributed by atoms with Gasteiger partial charge in [0.15, 0.2) is 0 Å². The third-order valence-electron chi connectivity index (χ3n) is 2.21. The number of rotatable bonds is 5. The third kappa shape index (κ3) is 2.99. The summed E-state index contributed by atoms with van der Waals surface area (Å²) < 4.78 is 1.36. The van der Waals surface area contributed by atoms with Gasteiger partial charge in [-0.2, -0.15) is 0 Å². The molecule has 1 aromatic heterocycles. The molecule has 4 N–H and O–H groups in total. The van der Waals surface area contributed by atoms with Gasteiger partial charge in [0.2, 0.25) is 0 Å². The molecular formula is C11H18N4O2. The summed E-state index contributed by atoms with van der Waals surface area (Å²) in [5, 5.41) is 2.83. The normalized spacial score (nSPS) is 10.5. The van der Waals surface area contributed by atoms with Gasteiger partial charge in [-0.15, -0.1) is 6.58 Å². The molecule has 0 aliphatic carbocycles. The molecule has 0 aromatic carbocycles. The largest absolute Gasteiger partial charge is 0.383 e. The molecule has 0 aliphatic heterocycles. The number of nitrogens with one attached hydrogen (secondary N) is 2. The van der Waals surface area contributed by atoms with Crippen molar-refractivity contribution in [2.24, 2.45) is 5.92 Å². The van der Waals surface area contributed by atoms with E-state index in [0.29, 0.717) is 13.1 Å². The van der Waals surface area contributed by atoms with Crippen LogP contribution in [0.15, 0.2) is 22.2 Å². The van der Waals surface area contributed by atoms with E-state index < -0.39 is 11.2 Å². The number of nitrogen functional groups attached to an aromatic ring is 1. The first-order valence-electron chi connectivity index (χ1n) is 5.44. The standard InChI is InChI=1S/C11H18N4O2/c1-4-5-13-8-9(12)15(6-7(2)3)11(17)14-10(8)16/h4,7,13H,1,5-6,12H2,2-3H3,(H,14,16,17). The quantitative estimate of drug-likeness (QED) is 0.646. The molecule has 0 radical (unpaired) electrons. The summed E-state index contributed by atoms with van der Waals surface area (Å²) in [7, 11) is 0. The zero-order valence-corrected chi connectivity index (χ0v) is 10.1. The lowest BCUT2D eigenvalue weighted by Gasteiger charge is -2.14. The summed E-state index contributed by atoms with van der Waals surface area (Å²) in [5.41, 5.74) is 5.05. The number of anilines is 2. The van der Waals surface area contributed by atoms with Gasteiger partial charge in [0.25, 0.3) is 5.56 Å². The highest BCUT2D eigenvalue weighted by Gasteiger charge is 2.12. The molecule has 0 spiro atoms. The van der Waals surface area contributed by atoms with Crippen LogP contribution >= 0.6 is 0 Å². The van der Waals surface area contributed by atoms with Crippen molar-refractivity contribution in [3.8, 4) is 0 Å². The van der Waals surface area contributed by atoms with Gasteiger partial charge < -0.3 is 11.1 Å². The average Bonchev–Trinajstić information content (AvgIpc) is 2.23. The zero-order valence-electron chi connectivity index (χ0n) is 10.1. The van der Waals surface area contributed by atoms with Gasteiger partial charge in [0.05, 0.1) is 0 Å². The molecule has 0 atom stereocenters. The Hall–Kier alpha value is -1.98. The van der Waals surface area contributed by atoms with E-state index in [1.807, 2.05) is 13.8 Å². The number of nitrogens with zero attached hydrogens (tertiary/aromatic N) is 1. The van der Waals surface area contributed by atoms with E-state index in [0.717, 1.165) is 0 Å². The van der Waals surface area contributed by atoms with Gasteiger partial charge >= 0.3 is 5.69 Å². The molecule has 0 unspecified atom stereocenters. The SMILES string of the molecule is C=CCNc1c(N)n(CC(C)C)c(=O)[nH]c1=O. The number of aromatic amines is 1. The van der Waals surface area contributed by atoms with Crippen LogP contribution < -0.4 is 22.3 Å². The number of H-pyrrole nitrogens is 1. The van der Waals surface area contributed by atoms with E-state index in [4.69, 9.17) is 5.73 Å². The summed E-state index contributed by atoms with van der Waals surface area (Å²) in [6, 6.07) is 0. The molecule has 0 saturated heterocycles. The van der Waals surface area contributed by atoms with Crippen LogP contribution in [-0.2, 0) is 6.54 Å². The van der Waals surface area contributed by atoms with Crippen LogP contribution in [0, 0.1) is 5.92 Å². The number of nitrogens with two attached hydrogens (primary N) is 1. The minimum atomic E-state index is -0.505. The summed E-state index contributed by atoms with van der Waals surface area (Å²) >= 11 is 0. The van der Waals surface area contributed by atoms with Gasteiger partial charge in [-0.1, -0.05) is 19.9 Å². The Morgan fingerprint density at radius 1 is 1.53 bits per heavy atom. The first-order valence-corrected chi connectivity index (χ1v) is 5.44. The summed E-state index contributed by atoms with van der Waals surface area (Å²) in [6.45, 7) is 8.34. The van der Waals surface area contributed by atoms with Crippen molar-refractivity contribution in [1.29, 1.82) is 0 Å². The van der Waals surface area contributed by atoms with Gasteiger partial charge in [0.1, 0.15) is 11.5 Å². The van der Waals surface area contributed by atoms with Crippen LogP contribution in [0.1, 0.15) is 13.8 Å². The predicted octanol–water partition coefficient (Wildman–Crippen LogP) is 0.373. The lowest BCUT2D eigenvalue weighted by atomic mass is 10.2. The molecule has 1 aromatic rings. The molecule has 0 saturated carbocycles. The second-order valence-electron chi connectivity index (χ2n) is 4.19. The Morgan fingerprint density at radius 3 is 2.71 bits per heavy atom. The van der Waals surface area contributed by atoms with Crippen molar-refractivity contribution in [3.63, 3.8) is 0 Å². The van der Waals surface area contributed by atoms with Crippen molar-refractivity contribution in [3.05, 3.63) is 33.5 Å². The van der Waals surface area contributed by atoms with E-state index in [1.54, 1.807) is 6.08 Å². The van der Waals surface area contributed by atoms with Crippen LogP contribution in [0.2, 0.25) is 0 Å². The maximum absolute atomic E-state index is 11.6. The van der Waals surface area contributed by atoms with Crippen LogP contribution in [0.5, 0.6) is 0 Å². The molecule has 0 aliphatic rings. The molecule has 94 valence electrons. The highest BCUT2D eigenvalue weighted by atomic mass is 16.2. The zero-order chi connectivity index (χ0) is 13.0. The second kappa shape index (κ2) is 5.38. The highest BCUT2D eigenvalue weighted by Crippen LogP contribution is 2.11. The van der Waals surface area contributed by atoms with Crippen molar-refractivity contribution in [2.45, 2.75) is 20.4 Å². The van der Waals surface area contributed by atoms with E-state index in [-0.39, 0.29) is 17.4 Å². The smallest absolute Gasteiger partial charge is 0.330 e. The molecule has 1 rings (SSSR count). The Kier molecular flexibility index (Phi) is 4.14. The van der Waals surface area contributed by atoms with E-state index in [9.17, 15) is 9.59 Å². The van der Waals surface area contributed by atoms with Crippen LogP contribution in [0.25, 0.3) is 0 Å². The highest BCUT2D eigenvalue weighted by molar-refractivity contribution is 5.60. The minimum Gasteiger partial charge on any atom is -0.383 e. The van der Waals surface area contributed by atoms with Gasteiger partial charge in [0, 0.05) is 13.1 Å². The molecule has 17 heavy (non-hydrogen) atoms. The van der Waals surface area contributed by atoms with E-state index in [2.05, 4.69) is 16.9 Å². The van der Waals surface area contributed by atoms with E-state index in [1.165, 1.54) is 4.57 Å². The first-order chi connectivity index (χ1) is 7.97. The predicted molar refractivity (Wildman–Crippen MR) is 69.3 cm³/mol. The van der Waals surface area contributed by atoms with Crippen LogP contribution in [-0.4, -0.2) is 16.1 Å². The lowest BCUT2D eigenvalue weighted by Crippen LogP contribution is -2.35. The lowest BCUT2D eigenvalue weighted by molar-refractivity contribution is 0.508. The molecule has 6 heteroatoms. The molecular weight excluding hydrogens is 220 g/mol. The van der Waals surface area contributed by atoms with Crippen molar-refractivity contribution in [2.75, 3.05) is 17.6 Å². The molecule has 0 fully saturated rings. The topological polar surface area (TPSA) is 92.9 Å². The summed E-state index contributed by atoms with van der Waals surface area (Å²) in [4.78, 5) is 25.4. The monoisotopic (exact) mass is 238 g/mol. The fourth-order valence-electron chi connectivity index (χ4n) is 1.48. The summed E-state index contributed by atoms with van der Waals surface area (Å²) in [5.74, 6) is 0.419. The first kappa shape index (κ1) is 13.1. The Labute approximate surface area is 99.2 Å². The molecule has 0 bridgehead atoms. The van der Waals surface area contributed by atoms with Crippen molar-refractivity contribution in [1.82, 2.24) is 9.55 Å². The Morgan fingerprint density at radius 2 is 2.18 bits per heavy atom. The maximum Gasteiger partial charge on any atom is 0.330 e. The van der Waals surface area contributed by atoms with E-state index >= 15 is 0 Å². The van der Waals surface area contributed by atoms with Gasteiger partial charge in [-0.05, 0) is 5.92 Å². The second-order valence-corrected chi connectivity index (χ2v) is 4.19. The average molecular weight is 238 g/mol. The number of hydrogen-bond donors (Lipinski definition) is 3. The van der Waals surface area contributed by atoms with Crippen molar-refractivity contribution < 1.29 is 0 Å². The Balaban J connectivity index is 3.27. The van der Waals surface area contributed by atoms with Crippen LogP contribution in [0.4, 0.5) is 11.5 Å². The molecule has 6 nitrogen and oxygen atoms in total. The van der Waals surface area contributed by atoms with Crippen LogP contribution in [0.3, 0.4) is 0 Å². The molecule has 1 heterocycles. The molecule has 0 amide bonds. The minimum absolute atomic E-state index is 0.161. The third-order valence-corrected chi connectivity index (χ3v) is 2.21. The van der Waals surface area contributed by atoms with Crippen molar-refractivity contribution >= 4 is 11.5 Å².